The van der Waals surface area contributed by atoms with Crippen molar-refractivity contribution < 1.29 is 9.47 Å². The van der Waals surface area contributed by atoms with Crippen LogP contribution in [0.5, 0.6) is 11.5 Å². The van der Waals surface area contributed by atoms with Crippen LogP contribution in [0.4, 0.5) is 0 Å². The molecule has 3 rings (SSSR count). The summed E-state index contributed by atoms with van der Waals surface area (Å²) in [6.45, 7) is 0.527. The van der Waals surface area contributed by atoms with E-state index in [1.807, 2.05) is 30.3 Å². The molecule has 0 N–H and O–H groups in total. The normalized spacial score (nSPS) is 17.1. The second-order valence-electron chi connectivity index (χ2n) is 4.16. The highest BCUT2D eigenvalue weighted by molar-refractivity contribution is 9.10. The molecule has 0 amide bonds. The molecule has 1 aliphatic heterocycles. The molecule has 0 saturated carbocycles. The zero-order valence-corrected chi connectivity index (χ0v) is 11.3. The summed E-state index contributed by atoms with van der Waals surface area (Å²) in [5, 5.41) is 0. The predicted octanol–water partition coefficient (Wildman–Crippen LogP) is 3.23. The Hall–Kier alpha value is -1.55. The Morgan fingerprint density at radius 1 is 1.28 bits per heavy atom. The van der Waals surface area contributed by atoms with Crippen LogP contribution < -0.4 is 9.47 Å². The molecule has 0 bridgehead atoms. The number of para-hydroxylation sites is 1. The van der Waals surface area contributed by atoms with Crippen LogP contribution in [0, 0.1) is 0 Å². The maximum absolute atomic E-state index is 5.81. The van der Waals surface area contributed by atoms with Gasteiger partial charge in [0.05, 0.1) is 0 Å². The zero-order valence-electron chi connectivity index (χ0n) is 9.67. The molecule has 0 saturated heterocycles. The van der Waals surface area contributed by atoms with Crippen molar-refractivity contribution >= 4 is 15.9 Å². The molecule has 0 spiro atoms. The molecule has 2 aromatic rings. The average Bonchev–Trinajstić information content (AvgIpc) is 2.80. The predicted molar refractivity (Wildman–Crippen MR) is 72.0 cm³/mol. The molecule has 0 aliphatic carbocycles. The molecule has 4 heteroatoms. The van der Waals surface area contributed by atoms with Crippen molar-refractivity contribution in [2.75, 3.05) is 6.61 Å². The number of hydrogen-bond donors (Lipinski definition) is 0. The van der Waals surface area contributed by atoms with Gasteiger partial charge in [0.25, 0.3) is 0 Å². The number of aromatic nitrogens is 1. The molecule has 1 unspecified atom stereocenters. The van der Waals surface area contributed by atoms with Crippen LogP contribution in [0.3, 0.4) is 0 Å². The second kappa shape index (κ2) is 4.98. The van der Waals surface area contributed by atoms with Crippen molar-refractivity contribution in [1.82, 2.24) is 4.98 Å². The first-order chi connectivity index (χ1) is 8.83. The minimum absolute atomic E-state index is 0.0782. The van der Waals surface area contributed by atoms with Crippen LogP contribution in [-0.2, 0) is 6.42 Å². The van der Waals surface area contributed by atoms with Gasteiger partial charge in [0.15, 0.2) is 5.75 Å². The lowest BCUT2D eigenvalue weighted by molar-refractivity contribution is 0.147. The van der Waals surface area contributed by atoms with E-state index in [0.29, 0.717) is 6.61 Å². The van der Waals surface area contributed by atoms with Gasteiger partial charge in [-0.25, -0.2) is 4.98 Å². The Morgan fingerprint density at radius 2 is 2.17 bits per heavy atom. The molecule has 1 aromatic carbocycles. The third kappa shape index (κ3) is 2.34. The van der Waals surface area contributed by atoms with Crippen molar-refractivity contribution in [3.05, 3.63) is 52.8 Å². The Balaban J connectivity index is 1.62. The van der Waals surface area contributed by atoms with E-state index in [1.165, 1.54) is 5.56 Å². The molecule has 0 radical (unpaired) electrons. The van der Waals surface area contributed by atoms with Crippen LogP contribution in [0.1, 0.15) is 5.56 Å². The number of fused-ring (bicyclic) bond motifs is 1. The molecule has 18 heavy (non-hydrogen) atoms. The van der Waals surface area contributed by atoms with E-state index in [0.717, 1.165) is 22.5 Å². The molecular weight excluding hydrogens is 294 g/mol. The lowest BCUT2D eigenvalue weighted by atomic mass is 10.1. The third-order valence-electron chi connectivity index (χ3n) is 2.86. The van der Waals surface area contributed by atoms with Crippen LogP contribution in [0.15, 0.2) is 47.2 Å². The average molecular weight is 306 g/mol. The van der Waals surface area contributed by atoms with E-state index in [2.05, 4.69) is 27.0 Å². The smallest absolute Gasteiger partial charge is 0.152 e. The summed E-state index contributed by atoms with van der Waals surface area (Å²) in [7, 11) is 0. The maximum Gasteiger partial charge on any atom is 0.152 e. The van der Waals surface area contributed by atoms with Crippen molar-refractivity contribution in [3.63, 3.8) is 0 Å². The highest BCUT2D eigenvalue weighted by Crippen LogP contribution is 2.29. The summed E-state index contributed by atoms with van der Waals surface area (Å²) in [6, 6.07) is 11.8. The van der Waals surface area contributed by atoms with Gasteiger partial charge in [0, 0.05) is 12.6 Å². The highest BCUT2D eigenvalue weighted by atomic mass is 79.9. The fourth-order valence-electron chi connectivity index (χ4n) is 2.01. The summed E-state index contributed by atoms with van der Waals surface area (Å²) in [5.74, 6) is 1.72. The number of nitrogens with zero attached hydrogens (tertiary/aromatic N) is 1. The molecule has 1 aliphatic rings. The minimum Gasteiger partial charge on any atom is -0.487 e. The largest absolute Gasteiger partial charge is 0.487 e. The standard InChI is InChI=1S/C14H12BrNO2/c15-14-13(6-3-7-16-14)17-9-11-8-10-4-1-2-5-12(10)18-11/h1-7,11H,8-9H2. The molecule has 0 fully saturated rings. The number of hydrogen-bond acceptors (Lipinski definition) is 3. The summed E-state index contributed by atoms with van der Waals surface area (Å²) in [4.78, 5) is 4.11. The zero-order chi connectivity index (χ0) is 12.4. The van der Waals surface area contributed by atoms with Crippen LogP contribution >= 0.6 is 15.9 Å². The Labute approximate surface area is 114 Å². The van der Waals surface area contributed by atoms with Gasteiger partial charge >= 0.3 is 0 Å². The third-order valence-corrected chi connectivity index (χ3v) is 3.46. The molecular formula is C14H12BrNO2. The summed E-state index contributed by atoms with van der Waals surface area (Å²) in [5.41, 5.74) is 1.25. The number of rotatable bonds is 3. The van der Waals surface area contributed by atoms with E-state index in [1.54, 1.807) is 6.20 Å². The van der Waals surface area contributed by atoms with Gasteiger partial charge in [-0.2, -0.15) is 0 Å². The highest BCUT2D eigenvalue weighted by Gasteiger charge is 2.23. The van der Waals surface area contributed by atoms with E-state index in [-0.39, 0.29) is 6.10 Å². The van der Waals surface area contributed by atoms with Crippen molar-refractivity contribution in [3.8, 4) is 11.5 Å². The fourth-order valence-corrected chi connectivity index (χ4v) is 2.37. The molecule has 3 nitrogen and oxygen atoms in total. The van der Waals surface area contributed by atoms with Gasteiger partial charge in [-0.3, -0.25) is 0 Å². The van der Waals surface area contributed by atoms with E-state index >= 15 is 0 Å². The van der Waals surface area contributed by atoms with Crippen LogP contribution in [0.2, 0.25) is 0 Å². The number of pyridine rings is 1. The van der Waals surface area contributed by atoms with E-state index in [9.17, 15) is 0 Å². The quantitative estimate of drug-likeness (QED) is 0.816. The lowest BCUT2D eigenvalue weighted by Crippen LogP contribution is -2.22. The Bertz CT molecular complexity index is 534. The van der Waals surface area contributed by atoms with Gasteiger partial charge in [-0.05, 0) is 39.7 Å². The van der Waals surface area contributed by atoms with E-state index in [4.69, 9.17) is 9.47 Å². The topological polar surface area (TPSA) is 31.4 Å². The first-order valence-electron chi connectivity index (χ1n) is 5.81. The molecule has 2 heterocycles. The number of ether oxygens (including phenoxy) is 2. The van der Waals surface area contributed by atoms with Gasteiger partial charge in [-0.1, -0.05) is 18.2 Å². The van der Waals surface area contributed by atoms with Crippen LogP contribution in [-0.4, -0.2) is 17.7 Å². The SMILES string of the molecule is Brc1ncccc1OCC1Cc2ccccc2O1. The second-order valence-corrected chi connectivity index (χ2v) is 4.91. The van der Waals surface area contributed by atoms with Crippen molar-refractivity contribution in [2.24, 2.45) is 0 Å². The first-order valence-corrected chi connectivity index (χ1v) is 6.60. The first kappa shape index (κ1) is 11.5. The van der Waals surface area contributed by atoms with E-state index < -0.39 is 0 Å². The summed E-state index contributed by atoms with van der Waals surface area (Å²) < 4.78 is 12.2. The Morgan fingerprint density at radius 3 is 3.00 bits per heavy atom. The maximum atomic E-state index is 5.81. The fraction of sp³-hybridized carbons (Fsp3) is 0.214. The molecule has 1 atom stereocenters. The van der Waals surface area contributed by atoms with Gasteiger partial charge in [0.1, 0.15) is 23.1 Å². The van der Waals surface area contributed by atoms with Gasteiger partial charge in [-0.15, -0.1) is 0 Å². The summed E-state index contributed by atoms with van der Waals surface area (Å²) in [6.07, 6.45) is 2.70. The summed E-state index contributed by atoms with van der Waals surface area (Å²) >= 11 is 3.36. The minimum atomic E-state index is 0.0782. The number of benzene rings is 1. The van der Waals surface area contributed by atoms with Crippen molar-refractivity contribution in [1.29, 1.82) is 0 Å². The number of halogens is 1. The van der Waals surface area contributed by atoms with Crippen LogP contribution in [0.25, 0.3) is 0 Å². The van der Waals surface area contributed by atoms with Crippen molar-refractivity contribution in [2.45, 2.75) is 12.5 Å². The molecule has 1 aromatic heterocycles. The van der Waals surface area contributed by atoms with Gasteiger partial charge in [0.2, 0.25) is 0 Å². The lowest BCUT2D eigenvalue weighted by Gasteiger charge is -2.12. The molecule has 92 valence electrons. The van der Waals surface area contributed by atoms with Gasteiger partial charge < -0.3 is 9.47 Å². The Kier molecular flexibility index (Phi) is 3.19. The monoisotopic (exact) mass is 305 g/mol.